The van der Waals surface area contributed by atoms with Crippen LogP contribution in [0.5, 0.6) is 0 Å². The Morgan fingerprint density at radius 1 is 1.19 bits per heavy atom. The molecule has 2 unspecified atom stereocenters. The number of alkyl carbamates (subject to hydrolysis) is 1. The molecule has 0 spiro atoms. The van der Waals surface area contributed by atoms with Crippen molar-refractivity contribution in [2.24, 2.45) is 5.92 Å². The number of likely N-dealkylation sites (tertiary alicyclic amines) is 1. The highest BCUT2D eigenvalue weighted by Gasteiger charge is 2.41. The summed E-state index contributed by atoms with van der Waals surface area (Å²) in [6.45, 7) is 9.55. The Morgan fingerprint density at radius 3 is 2.46 bits per heavy atom. The van der Waals surface area contributed by atoms with E-state index < -0.39 is 60.1 Å². The number of nitrogens with one attached hydrogen (secondary N) is 4. The van der Waals surface area contributed by atoms with Crippen LogP contribution >= 0.6 is 0 Å². The lowest BCUT2D eigenvalue weighted by Crippen LogP contribution is -2.54. The van der Waals surface area contributed by atoms with Crippen LogP contribution in [0.25, 0.3) is 0 Å². The van der Waals surface area contributed by atoms with Crippen LogP contribution in [0.2, 0.25) is 0 Å². The zero-order chi connectivity index (χ0) is 27.8. The van der Waals surface area contributed by atoms with Crippen molar-refractivity contribution in [2.75, 3.05) is 13.1 Å². The van der Waals surface area contributed by atoms with Gasteiger partial charge in [0.1, 0.15) is 23.8 Å². The molecule has 1 saturated heterocycles. The molecule has 4 atom stereocenters. The number of rotatable bonds is 10. The predicted molar refractivity (Wildman–Crippen MR) is 127 cm³/mol. The Labute approximate surface area is 214 Å². The zero-order valence-corrected chi connectivity index (χ0v) is 22.0. The first kappa shape index (κ1) is 29.5. The smallest absolute Gasteiger partial charge is 0.408 e. The Hall–Kier alpha value is -3.78. The molecule has 4 amide bonds. The van der Waals surface area contributed by atoms with Crippen LogP contribution in [0.1, 0.15) is 60.2 Å². The van der Waals surface area contributed by atoms with Crippen LogP contribution in [0.4, 0.5) is 4.79 Å². The summed E-state index contributed by atoms with van der Waals surface area (Å²) in [6, 6.07) is -1.88. The maximum Gasteiger partial charge on any atom is 0.408 e. The SMILES string of the molecule is CC[C@H](C)[C@H](NC(=O)OC(C)(C)C)C(=O)NCC(=O)N1CC(OC(C)=O)CC1C(=O)NCc1nn[nH]n1. The third kappa shape index (κ3) is 9.31. The first-order valence-electron chi connectivity index (χ1n) is 12.0. The average molecular weight is 525 g/mol. The number of hydrogen-bond donors (Lipinski definition) is 4. The summed E-state index contributed by atoms with van der Waals surface area (Å²) >= 11 is 0. The molecule has 1 aromatic heterocycles. The summed E-state index contributed by atoms with van der Waals surface area (Å²) in [7, 11) is 0. The van der Waals surface area contributed by atoms with Gasteiger partial charge < -0.3 is 30.3 Å². The molecule has 0 bridgehead atoms. The molecule has 206 valence electrons. The van der Waals surface area contributed by atoms with Gasteiger partial charge in [-0.1, -0.05) is 25.5 Å². The van der Waals surface area contributed by atoms with E-state index in [-0.39, 0.29) is 31.3 Å². The Kier molecular flexibility index (Phi) is 10.3. The molecule has 0 saturated carbocycles. The fourth-order valence-electron chi connectivity index (χ4n) is 3.69. The lowest BCUT2D eigenvalue weighted by molar-refractivity contribution is -0.146. The van der Waals surface area contributed by atoms with Crippen LogP contribution in [0.3, 0.4) is 0 Å². The summed E-state index contributed by atoms with van der Waals surface area (Å²) in [5.41, 5.74) is -0.746. The number of amides is 4. The summed E-state index contributed by atoms with van der Waals surface area (Å²) < 4.78 is 10.5. The van der Waals surface area contributed by atoms with E-state index in [1.807, 2.05) is 6.92 Å². The summed E-state index contributed by atoms with van der Waals surface area (Å²) in [4.78, 5) is 63.7. The molecule has 0 radical (unpaired) electrons. The number of ether oxygens (including phenoxy) is 2. The second-order valence-corrected chi connectivity index (χ2v) is 9.80. The van der Waals surface area contributed by atoms with Crippen LogP contribution in [-0.4, -0.2) is 92.2 Å². The van der Waals surface area contributed by atoms with Crippen molar-refractivity contribution in [3.8, 4) is 0 Å². The summed E-state index contributed by atoms with van der Waals surface area (Å²) in [6.07, 6.45) is -0.755. The number of tetrazole rings is 1. The van der Waals surface area contributed by atoms with Crippen molar-refractivity contribution in [2.45, 2.75) is 84.7 Å². The van der Waals surface area contributed by atoms with Gasteiger partial charge in [-0.2, -0.15) is 5.21 Å². The molecule has 2 rings (SSSR count). The average Bonchev–Trinajstić information content (AvgIpc) is 3.47. The van der Waals surface area contributed by atoms with Crippen LogP contribution in [-0.2, 0) is 35.2 Å². The van der Waals surface area contributed by atoms with E-state index in [1.165, 1.54) is 11.8 Å². The molecule has 1 aliphatic heterocycles. The quantitative estimate of drug-likeness (QED) is 0.287. The maximum atomic E-state index is 13.0. The molecule has 2 heterocycles. The molecule has 0 aliphatic carbocycles. The molecule has 15 heteroatoms. The van der Waals surface area contributed by atoms with Crippen molar-refractivity contribution >= 4 is 29.8 Å². The van der Waals surface area contributed by atoms with Crippen molar-refractivity contribution in [3.63, 3.8) is 0 Å². The van der Waals surface area contributed by atoms with Crippen LogP contribution in [0, 0.1) is 5.92 Å². The summed E-state index contributed by atoms with van der Waals surface area (Å²) in [5, 5.41) is 20.9. The highest BCUT2D eigenvalue weighted by molar-refractivity contribution is 5.92. The number of carbonyl (C=O) groups excluding carboxylic acids is 5. The molecule has 1 aliphatic rings. The van der Waals surface area contributed by atoms with E-state index >= 15 is 0 Å². The first-order valence-corrected chi connectivity index (χ1v) is 12.0. The first-order chi connectivity index (χ1) is 17.3. The molecule has 0 aromatic carbocycles. The zero-order valence-electron chi connectivity index (χ0n) is 22.0. The van der Waals surface area contributed by atoms with Crippen molar-refractivity contribution in [1.82, 2.24) is 41.5 Å². The number of aromatic nitrogens is 4. The molecule has 15 nitrogen and oxygen atoms in total. The predicted octanol–water partition coefficient (Wildman–Crippen LogP) is -0.596. The largest absolute Gasteiger partial charge is 0.461 e. The lowest BCUT2D eigenvalue weighted by Gasteiger charge is -2.27. The van der Waals surface area contributed by atoms with Gasteiger partial charge in [-0.3, -0.25) is 19.2 Å². The number of nitrogens with zero attached hydrogens (tertiary/aromatic N) is 4. The molecule has 1 aromatic rings. The second-order valence-electron chi connectivity index (χ2n) is 9.80. The van der Waals surface area contributed by atoms with Gasteiger partial charge in [-0.05, 0) is 26.7 Å². The molecular weight excluding hydrogens is 488 g/mol. The van der Waals surface area contributed by atoms with Crippen LogP contribution in [0.15, 0.2) is 0 Å². The minimum absolute atomic E-state index is 0.0144. The monoisotopic (exact) mass is 524 g/mol. The third-order valence-corrected chi connectivity index (χ3v) is 5.61. The van der Waals surface area contributed by atoms with Gasteiger partial charge in [-0.25, -0.2) is 4.79 Å². The standard InChI is InChI=1S/C22H36N8O7/c1-7-12(2)18(25-21(35)37-22(4,5)6)20(34)24-10-17(32)30-11-14(36-13(3)31)8-15(30)19(33)23-9-16-26-28-29-27-16/h12,14-15,18H,7-11H2,1-6H3,(H,23,33)(H,24,34)(H,25,35)(H,26,27,28,29)/t12-,14?,15?,18-/m0/s1. The van der Waals surface area contributed by atoms with Crippen molar-refractivity contribution in [1.29, 1.82) is 0 Å². The molecule has 37 heavy (non-hydrogen) atoms. The van der Waals surface area contributed by atoms with Gasteiger partial charge in [0, 0.05) is 13.3 Å². The highest BCUT2D eigenvalue weighted by atomic mass is 16.6. The van der Waals surface area contributed by atoms with E-state index in [9.17, 15) is 24.0 Å². The molecular formula is C22H36N8O7. The maximum absolute atomic E-state index is 13.0. The Bertz CT molecular complexity index is 963. The van der Waals surface area contributed by atoms with Gasteiger partial charge in [0.2, 0.25) is 17.7 Å². The van der Waals surface area contributed by atoms with E-state index in [1.54, 1.807) is 27.7 Å². The summed E-state index contributed by atoms with van der Waals surface area (Å²) in [5.74, 6) is -2.15. The second kappa shape index (κ2) is 13.0. The third-order valence-electron chi connectivity index (χ3n) is 5.61. The molecule has 4 N–H and O–H groups in total. The number of esters is 1. The molecule has 1 fully saturated rings. The van der Waals surface area contributed by atoms with Crippen molar-refractivity contribution in [3.05, 3.63) is 5.82 Å². The normalized spacial score (nSPS) is 18.9. The van der Waals surface area contributed by atoms with E-state index in [2.05, 4.69) is 36.6 Å². The minimum atomic E-state index is -0.939. The Balaban J connectivity index is 2.04. The number of H-pyrrole nitrogens is 1. The number of carbonyl (C=O) groups is 5. The number of hydrogen-bond acceptors (Lipinski definition) is 10. The van der Waals surface area contributed by atoms with Gasteiger partial charge in [0.25, 0.3) is 0 Å². The van der Waals surface area contributed by atoms with E-state index in [0.717, 1.165) is 0 Å². The van der Waals surface area contributed by atoms with Crippen LogP contribution < -0.4 is 16.0 Å². The van der Waals surface area contributed by atoms with Gasteiger partial charge >= 0.3 is 12.1 Å². The van der Waals surface area contributed by atoms with E-state index in [0.29, 0.717) is 6.42 Å². The fourth-order valence-corrected chi connectivity index (χ4v) is 3.69. The fraction of sp³-hybridized carbons (Fsp3) is 0.727. The Morgan fingerprint density at radius 2 is 1.89 bits per heavy atom. The number of aromatic amines is 1. The minimum Gasteiger partial charge on any atom is -0.461 e. The van der Waals surface area contributed by atoms with Gasteiger partial charge in [0.15, 0.2) is 5.82 Å². The topological polar surface area (TPSA) is 198 Å². The lowest BCUT2D eigenvalue weighted by atomic mass is 9.98. The van der Waals surface area contributed by atoms with Gasteiger partial charge in [-0.15, -0.1) is 10.2 Å². The van der Waals surface area contributed by atoms with Gasteiger partial charge in [0.05, 0.1) is 19.6 Å². The highest BCUT2D eigenvalue weighted by Crippen LogP contribution is 2.21. The van der Waals surface area contributed by atoms with E-state index in [4.69, 9.17) is 9.47 Å². The van der Waals surface area contributed by atoms with Crippen molar-refractivity contribution < 1.29 is 33.4 Å².